The molecule has 0 saturated carbocycles. The molecule has 1 aliphatic heterocycles. The molecule has 0 aromatic heterocycles. The topological polar surface area (TPSA) is 45.8 Å². The van der Waals surface area contributed by atoms with Crippen LogP contribution in [-0.4, -0.2) is 50.8 Å². The molecular formula is C22H31N3O2. The van der Waals surface area contributed by atoms with Crippen molar-refractivity contribution in [2.24, 2.45) is 0 Å². The van der Waals surface area contributed by atoms with Gasteiger partial charge in [0.15, 0.2) is 11.5 Å². The number of nitrogens with one attached hydrogen (secondary N) is 2. The first-order valence-corrected chi connectivity index (χ1v) is 9.92. The van der Waals surface area contributed by atoms with E-state index < -0.39 is 0 Å². The van der Waals surface area contributed by atoms with E-state index in [0.717, 1.165) is 68.4 Å². The minimum absolute atomic E-state index is 0.540. The first-order chi connectivity index (χ1) is 13.4. The molecule has 1 fully saturated rings. The fourth-order valence-electron chi connectivity index (χ4n) is 3.26. The lowest BCUT2D eigenvalue weighted by Crippen LogP contribution is -2.45. The van der Waals surface area contributed by atoms with Gasteiger partial charge in [0, 0.05) is 51.4 Å². The summed E-state index contributed by atoms with van der Waals surface area (Å²) < 4.78 is 12.0. The first-order valence-electron chi connectivity index (χ1n) is 9.92. The van der Waals surface area contributed by atoms with E-state index in [-0.39, 0.29) is 0 Å². The van der Waals surface area contributed by atoms with Crippen molar-refractivity contribution in [1.29, 1.82) is 0 Å². The van der Waals surface area contributed by atoms with E-state index in [2.05, 4.69) is 33.7 Å². The highest BCUT2D eigenvalue weighted by Crippen LogP contribution is 2.32. The fourth-order valence-corrected chi connectivity index (χ4v) is 3.26. The van der Waals surface area contributed by atoms with Gasteiger partial charge in [-0.1, -0.05) is 42.5 Å². The van der Waals surface area contributed by atoms with Crippen molar-refractivity contribution in [3.8, 4) is 11.5 Å². The van der Waals surface area contributed by atoms with Crippen molar-refractivity contribution in [1.82, 2.24) is 15.5 Å². The van der Waals surface area contributed by atoms with Crippen LogP contribution < -0.4 is 20.1 Å². The molecule has 0 aliphatic carbocycles. The molecule has 27 heavy (non-hydrogen) atoms. The second kappa shape index (κ2) is 10.9. The lowest BCUT2D eigenvalue weighted by atomic mass is 10.1. The molecule has 5 heteroatoms. The first kappa shape index (κ1) is 19.7. The van der Waals surface area contributed by atoms with Gasteiger partial charge in [0.25, 0.3) is 0 Å². The number of para-hydroxylation sites is 1. The average Bonchev–Trinajstić information content (AvgIpc) is 2.72. The lowest BCUT2D eigenvalue weighted by Gasteiger charge is -2.27. The summed E-state index contributed by atoms with van der Waals surface area (Å²) in [6.07, 6.45) is 0. The Bertz CT molecular complexity index is 673. The molecule has 2 aromatic carbocycles. The van der Waals surface area contributed by atoms with E-state index in [1.165, 1.54) is 0 Å². The summed E-state index contributed by atoms with van der Waals surface area (Å²) in [7, 11) is 0. The van der Waals surface area contributed by atoms with E-state index in [0.29, 0.717) is 13.2 Å². The molecule has 0 bridgehead atoms. The lowest BCUT2D eigenvalue weighted by molar-refractivity contribution is 0.240. The van der Waals surface area contributed by atoms with Gasteiger partial charge in [0.1, 0.15) is 6.61 Å². The largest absolute Gasteiger partial charge is 0.490 e. The normalized spacial score (nSPS) is 14.9. The molecule has 0 amide bonds. The van der Waals surface area contributed by atoms with Crippen molar-refractivity contribution in [3.05, 3.63) is 59.7 Å². The monoisotopic (exact) mass is 369 g/mol. The average molecular weight is 370 g/mol. The second-order valence-corrected chi connectivity index (χ2v) is 6.72. The van der Waals surface area contributed by atoms with Gasteiger partial charge < -0.3 is 20.1 Å². The Balaban J connectivity index is 1.58. The van der Waals surface area contributed by atoms with E-state index >= 15 is 0 Å². The molecular weight excluding hydrogens is 338 g/mol. The third-order valence-electron chi connectivity index (χ3n) is 4.72. The van der Waals surface area contributed by atoms with Crippen LogP contribution in [-0.2, 0) is 13.2 Å². The minimum atomic E-state index is 0.540. The summed E-state index contributed by atoms with van der Waals surface area (Å²) in [6, 6.07) is 16.4. The molecule has 1 saturated heterocycles. The van der Waals surface area contributed by atoms with Crippen LogP contribution in [0.4, 0.5) is 0 Å². The molecule has 1 aliphatic rings. The summed E-state index contributed by atoms with van der Waals surface area (Å²) in [5.74, 6) is 1.66. The highest BCUT2D eigenvalue weighted by atomic mass is 16.5. The van der Waals surface area contributed by atoms with Crippen molar-refractivity contribution in [2.75, 3.05) is 45.9 Å². The van der Waals surface area contributed by atoms with Crippen LogP contribution in [0.1, 0.15) is 18.1 Å². The molecule has 3 rings (SSSR count). The van der Waals surface area contributed by atoms with E-state index in [1.54, 1.807) is 0 Å². The SMILES string of the molecule is CCOc1cccc(CNCCN2CCNCC2)c1OCc1ccccc1. The molecule has 0 radical (unpaired) electrons. The third kappa shape index (κ3) is 6.24. The number of benzene rings is 2. The zero-order valence-electron chi connectivity index (χ0n) is 16.2. The Kier molecular flexibility index (Phi) is 7.96. The molecule has 5 nitrogen and oxygen atoms in total. The number of hydrogen-bond donors (Lipinski definition) is 2. The van der Waals surface area contributed by atoms with Gasteiger partial charge in [-0.25, -0.2) is 0 Å². The van der Waals surface area contributed by atoms with Crippen molar-refractivity contribution in [2.45, 2.75) is 20.1 Å². The quantitative estimate of drug-likeness (QED) is 0.631. The molecule has 146 valence electrons. The maximum atomic E-state index is 6.17. The number of rotatable bonds is 10. The molecule has 1 heterocycles. The zero-order chi connectivity index (χ0) is 18.7. The predicted molar refractivity (Wildman–Crippen MR) is 109 cm³/mol. The molecule has 0 spiro atoms. The molecule has 2 aromatic rings. The van der Waals surface area contributed by atoms with Crippen molar-refractivity contribution < 1.29 is 9.47 Å². The third-order valence-corrected chi connectivity index (χ3v) is 4.72. The van der Waals surface area contributed by atoms with Gasteiger partial charge in [-0.05, 0) is 18.6 Å². The van der Waals surface area contributed by atoms with Gasteiger partial charge in [-0.3, -0.25) is 4.90 Å². The summed E-state index contributed by atoms with van der Waals surface area (Å²) in [5.41, 5.74) is 2.29. The summed E-state index contributed by atoms with van der Waals surface area (Å²) in [5, 5.41) is 6.95. The Labute approximate surface area is 162 Å². The summed E-state index contributed by atoms with van der Waals surface area (Å²) >= 11 is 0. The number of hydrogen-bond acceptors (Lipinski definition) is 5. The number of nitrogens with zero attached hydrogens (tertiary/aromatic N) is 1. The highest BCUT2D eigenvalue weighted by molar-refractivity contribution is 5.46. The summed E-state index contributed by atoms with van der Waals surface area (Å²) in [6.45, 7) is 10.4. The Morgan fingerprint density at radius 3 is 2.59 bits per heavy atom. The van der Waals surface area contributed by atoms with Crippen LogP contribution in [0.15, 0.2) is 48.5 Å². The maximum Gasteiger partial charge on any atom is 0.166 e. The van der Waals surface area contributed by atoms with Gasteiger partial charge in [-0.15, -0.1) is 0 Å². The van der Waals surface area contributed by atoms with Crippen LogP contribution in [0.25, 0.3) is 0 Å². The van der Waals surface area contributed by atoms with Gasteiger partial charge in [-0.2, -0.15) is 0 Å². The molecule has 2 N–H and O–H groups in total. The van der Waals surface area contributed by atoms with Crippen LogP contribution in [0.2, 0.25) is 0 Å². The van der Waals surface area contributed by atoms with Gasteiger partial charge in [0.05, 0.1) is 6.61 Å². The number of ether oxygens (including phenoxy) is 2. The van der Waals surface area contributed by atoms with Crippen LogP contribution in [0.3, 0.4) is 0 Å². The van der Waals surface area contributed by atoms with E-state index in [9.17, 15) is 0 Å². The van der Waals surface area contributed by atoms with Crippen LogP contribution in [0, 0.1) is 0 Å². The second-order valence-electron chi connectivity index (χ2n) is 6.72. The minimum Gasteiger partial charge on any atom is -0.490 e. The van der Waals surface area contributed by atoms with Crippen LogP contribution in [0.5, 0.6) is 11.5 Å². The van der Waals surface area contributed by atoms with Crippen LogP contribution >= 0.6 is 0 Å². The van der Waals surface area contributed by atoms with Crippen molar-refractivity contribution in [3.63, 3.8) is 0 Å². The standard InChI is InChI=1S/C22H31N3O2/c1-2-26-21-10-6-9-20(17-24-13-16-25-14-11-23-12-15-25)22(21)27-18-19-7-4-3-5-8-19/h3-10,23-24H,2,11-18H2,1H3. The van der Waals surface area contributed by atoms with E-state index in [4.69, 9.17) is 9.47 Å². The van der Waals surface area contributed by atoms with Gasteiger partial charge >= 0.3 is 0 Å². The smallest absolute Gasteiger partial charge is 0.166 e. The number of piperazine rings is 1. The summed E-state index contributed by atoms with van der Waals surface area (Å²) in [4.78, 5) is 2.49. The maximum absolute atomic E-state index is 6.17. The highest BCUT2D eigenvalue weighted by Gasteiger charge is 2.12. The molecule has 0 unspecified atom stereocenters. The van der Waals surface area contributed by atoms with Crippen molar-refractivity contribution >= 4 is 0 Å². The Hall–Kier alpha value is -2.08. The fraction of sp³-hybridized carbons (Fsp3) is 0.455. The zero-order valence-corrected chi connectivity index (χ0v) is 16.2. The Morgan fingerprint density at radius 2 is 1.81 bits per heavy atom. The predicted octanol–water partition coefficient (Wildman–Crippen LogP) is 2.66. The van der Waals surface area contributed by atoms with E-state index in [1.807, 2.05) is 37.3 Å². The molecule has 0 atom stereocenters. The Morgan fingerprint density at radius 1 is 1.00 bits per heavy atom. The van der Waals surface area contributed by atoms with Gasteiger partial charge in [0.2, 0.25) is 0 Å².